The van der Waals surface area contributed by atoms with Crippen molar-refractivity contribution in [2.45, 2.75) is 13.5 Å². The first-order valence-corrected chi connectivity index (χ1v) is 4.74. The monoisotopic (exact) mass is 230 g/mol. The maximum Gasteiger partial charge on any atom is 0.338 e. The average Bonchev–Trinajstić information content (AvgIpc) is 2.26. The molecule has 16 heavy (non-hydrogen) atoms. The lowest BCUT2D eigenvalue weighted by Crippen LogP contribution is -2.06. The highest BCUT2D eigenvalue weighted by molar-refractivity contribution is 5.89. The third-order valence-corrected chi connectivity index (χ3v) is 2.01. The lowest BCUT2D eigenvalue weighted by atomic mass is 10.1. The van der Waals surface area contributed by atoms with Crippen LogP contribution in [0.2, 0.25) is 0 Å². The summed E-state index contributed by atoms with van der Waals surface area (Å²) in [5.74, 6) is -2.40. The molecule has 5 heteroatoms. The van der Waals surface area contributed by atoms with Gasteiger partial charge in [0.1, 0.15) is 11.6 Å². The van der Waals surface area contributed by atoms with E-state index in [0.29, 0.717) is 6.61 Å². The van der Waals surface area contributed by atoms with Crippen LogP contribution in [0.1, 0.15) is 22.8 Å². The molecule has 0 saturated heterocycles. The fraction of sp³-hybridized carbons (Fsp3) is 0.364. The molecular weight excluding hydrogens is 218 g/mol. The maximum absolute atomic E-state index is 13.4. The molecular formula is C11H12F2O3. The second-order valence-corrected chi connectivity index (χ2v) is 3.05. The van der Waals surface area contributed by atoms with E-state index in [0.717, 1.165) is 19.2 Å². The van der Waals surface area contributed by atoms with Gasteiger partial charge in [0.25, 0.3) is 0 Å². The number of rotatable bonds is 4. The highest BCUT2D eigenvalue weighted by Gasteiger charge is 2.15. The lowest BCUT2D eigenvalue weighted by Gasteiger charge is -2.07. The number of methoxy groups -OCH3 is 1. The van der Waals surface area contributed by atoms with Crippen molar-refractivity contribution >= 4 is 5.97 Å². The summed E-state index contributed by atoms with van der Waals surface area (Å²) in [6.07, 6.45) is 0. The van der Waals surface area contributed by atoms with Crippen LogP contribution in [0.3, 0.4) is 0 Å². The first-order chi connectivity index (χ1) is 7.60. The number of halogens is 2. The van der Waals surface area contributed by atoms with Crippen molar-refractivity contribution in [3.05, 3.63) is 34.9 Å². The number of carbonyl (C=O) groups is 1. The third-order valence-electron chi connectivity index (χ3n) is 2.01. The van der Waals surface area contributed by atoms with Crippen LogP contribution in [-0.4, -0.2) is 19.7 Å². The van der Waals surface area contributed by atoms with E-state index < -0.39 is 17.6 Å². The van der Waals surface area contributed by atoms with Gasteiger partial charge in [-0.15, -0.1) is 0 Å². The predicted molar refractivity (Wildman–Crippen MR) is 53.0 cm³/mol. The second kappa shape index (κ2) is 5.55. The normalized spacial score (nSPS) is 10.2. The Kier molecular flexibility index (Phi) is 4.37. The molecule has 0 radical (unpaired) electrons. The van der Waals surface area contributed by atoms with Crippen molar-refractivity contribution in [3.63, 3.8) is 0 Å². The summed E-state index contributed by atoms with van der Waals surface area (Å²) in [6, 6.07) is 1.87. The van der Waals surface area contributed by atoms with Crippen LogP contribution in [0.4, 0.5) is 8.78 Å². The maximum atomic E-state index is 13.4. The van der Waals surface area contributed by atoms with Crippen molar-refractivity contribution in [2.24, 2.45) is 0 Å². The van der Waals surface area contributed by atoms with Gasteiger partial charge in [-0.05, 0) is 19.1 Å². The van der Waals surface area contributed by atoms with E-state index >= 15 is 0 Å². The SMILES string of the molecule is CCOCc1c(F)cc(C(=O)OC)cc1F. The molecule has 1 aromatic rings. The lowest BCUT2D eigenvalue weighted by molar-refractivity contribution is 0.0599. The Hall–Kier alpha value is -1.49. The Morgan fingerprint density at radius 1 is 1.31 bits per heavy atom. The van der Waals surface area contributed by atoms with E-state index in [-0.39, 0.29) is 17.7 Å². The number of hydrogen-bond donors (Lipinski definition) is 0. The van der Waals surface area contributed by atoms with Crippen molar-refractivity contribution in [1.82, 2.24) is 0 Å². The van der Waals surface area contributed by atoms with Crippen LogP contribution in [0, 0.1) is 11.6 Å². The van der Waals surface area contributed by atoms with Crippen LogP contribution in [0.25, 0.3) is 0 Å². The van der Waals surface area contributed by atoms with Gasteiger partial charge in [-0.25, -0.2) is 13.6 Å². The van der Waals surface area contributed by atoms with Gasteiger partial charge < -0.3 is 9.47 Å². The van der Waals surface area contributed by atoms with Gasteiger partial charge >= 0.3 is 5.97 Å². The molecule has 0 aliphatic carbocycles. The molecule has 0 aromatic heterocycles. The second-order valence-electron chi connectivity index (χ2n) is 3.05. The fourth-order valence-corrected chi connectivity index (χ4v) is 1.18. The Morgan fingerprint density at radius 3 is 2.31 bits per heavy atom. The van der Waals surface area contributed by atoms with Gasteiger partial charge in [0.15, 0.2) is 0 Å². The van der Waals surface area contributed by atoms with Gasteiger partial charge in [0, 0.05) is 12.2 Å². The highest BCUT2D eigenvalue weighted by atomic mass is 19.1. The smallest absolute Gasteiger partial charge is 0.338 e. The summed E-state index contributed by atoms with van der Waals surface area (Å²) < 4.78 is 36.1. The number of esters is 1. The Balaban J connectivity index is 3.02. The fourth-order valence-electron chi connectivity index (χ4n) is 1.18. The number of ether oxygens (including phenoxy) is 2. The summed E-state index contributed by atoms with van der Waals surface area (Å²) in [5, 5.41) is 0. The standard InChI is InChI=1S/C11H12F2O3/c1-3-16-6-8-9(12)4-7(5-10(8)13)11(14)15-2/h4-5H,3,6H2,1-2H3. The van der Waals surface area contributed by atoms with Crippen molar-refractivity contribution < 1.29 is 23.0 Å². The zero-order valence-corrected chi connectivity index (χ0v) is 9.05. The first kappa shape index (κ1) is 12.6. The topological polar surface area (TPSA) is 35.5 Å². The molecule has 0 amide bonds. The average molecular weight is 230 g/mol. The minimum Gasteiger partial charge on any atom is -0.465 e. The molecule has 0 unspecified atom stereocenters. The van der Waals surface area contributed by atoms with Crippen LogP contribution < -0.4 is 0 Å². The summed E-state index contributed by atoms with van der Waals surface area (Å²) in [4.78, 5) is 11.1. The quantitative estimate of drug-likeness (QED) is 0.744. The summed E-state index contributed by atoms with van der Waals surface area (Å²) in [5.41, 5.74) is -0.341. The molecule has 0 aliphatic heterocycles. The van der Waals surface area contributed by atoms with E-state index in [9.17, 15) is 13.6 Å². The van der Waals surface area contributed by atoms with E-state index in [2.05, 4.69) is 4.74 Å². The predicted octanol–water partition coefficient (Wildman–Crippen LogP) is 2.29. The van der Waals surface area contributed by atoms with Gasteiger partial charge in [-0.2, -0.15) is 0 Å². The molecule has 0 atom stereocenters. The van der Waals surface area contributed by atoms with Crippen molar-refractivity contribution in [1.29, 1.82) is 0 Å². The van der Waals surface area contributed by atoms with Gasteiger partial charge in [0.05, 0.1) is 19.3 Å². The molecule has 0 spiro atoms. The zero-order valence-electron chi connectivity index (χ0n) is 9.05. The molecule has 1 aromatic carbocycles. The molecule has 0 aliphatic rings. The van der Waals surface area contributed by atoms with Crippen LogP contribution in [0.5, 0.6) is 0 Å². The molecule has 0 fully saturated rings. The first-order valence-electron chi connectivity index (χ1n) is 4.74. The van der Waals surface area contributed by atoms with Gasteiger partial charge in [0.2, 0.25) is 0 Å². The molecule has 88 valence electrons. The number of carbonyl (C=O) groups excluding carboxylic acids is 1. The number of hydrogen-bond acceptors (Lipinski definition) is 3. The van der Waals surface area contributed by atoms with E-state index in [1.807, 2.05) is 0 Å². The largest absolute Gasteiger partial charge is 0.465 e. The molecule has 0 bridgehead atoms. The van der Waals surface area contributed by atoms with E-state index in [4.69, 9.17) is 4.74 Å². The van der Waals surface area contributed by atoms with E-state index in [1.54, 1.807) is 6.92 Å². The van der Waals surface area contributed by atoms with Crippen LogP contribution in [-0.2, 0) is 16.1 Å². The number of benzene rings is 1. The molecule has 3 nitrogen and oxygen atoms in total. The van der Waals surface area contributed by atoms with Crippen molar-refractivity contribution in [2.75, 3.05) is 13.7 Å². The van der Waals surface area contributed by atoms with Crippen LogP contribution >= 0.6 is 0 Å². The summed E-state index contributed by atoms with van der Waals surface area (Å²) in [6.45, 7) is 1.92. The summed E-state index contributed by atoms with van der Waals surface area (Å²) >= 11 is 0. The molecule has 0 saturated carbocycles. The summed E-state index contributed by atoms with van der Waals surface area (Å²) in [7, 11) is 1.15. The van der Waals surface area contributed by atoms with Crippen molar-refractivity contribution in [3.8, 4) is 0 Å². The van der Waals surface area contributed by atoms with E-state index in [1.165, 1.54) is 0 Å². The van der Waals surface area contributed by atoms with Gasteiger partial charge in [-0.1, -0.05) is 0 Å². The molecule has 0 heterocycles. The highest BCUT2D eigenvalue weighted by Crippen LogP contribution is 2.17. The minimum atomic E-state index is -0.811. The zero-order chi connectivity index (χ0) is 12.1. The molecule has 1 rings (SSSR count). The Bertz CT molecular complexity index is 368. The Labute approximate surface area is 92.0 Å². The Morgan fingerprint density at radius 2 is 1.88 bits per heavy atom. The third kappa shape index (κ3) is 2.76. The van der Waals surface area contributed by atoms with Crippen LogP contribution in [0.15, 0.2) is 12.1 Å². The molecule has 0 N–H and O–H groups in total. The van der Waals surface area contributed by atoms with Gasteiger partial charge in [-0.3, -0.25) is 0 Å². The minimum absolute atomic E-state index is 0.155.